The van der Waals surface area contributed by atoms with Gasteiger partial charge in [0.2, 0.25) is 0 Å². The molecule has 0 aliphatic rings. The quantitative estimate of drug-likeness (QED) is 0.631. The monoisotopic (exact) mass is 333 g/mol. The van der Waals surface area contributed by atoms with E-state index in [4.69, 9.17) is 0 Å². The highest BCUT2D eigenvalue weighted by molar-refractivity contribution is 9.08. The lowest BCUT2D eigenvalue weighted by molar-refractivity contribution is 0.447. The van der Waals surface area contributed by atoms with E-state index in [9.17, 15) is 13.2 Å². The van der Waals surface area contributed by atoms with Crippen LogP contribution >= 0.6 is 15.9 Å². The van der Waals surface area contributed by atoms with E-state index in [0.717, 1.165) is 12.1 Å². The van der Waals surface area contributed by atoms with Gasteiger partial charge in [-0.25, -0.2) is 13.2 Å². The predicted molar refractivity (Wildman–Crippen MR) is 68.3 cm³/mol. The Bertz CT molecular complexity index is 611. The van der Waals surface area contributed by atoms with Crippen molar-refractivity contribution in [2.45, 2.75) is 25.2 Å². The Kier molecular flexibility index (Phi) is 3.93. The van der Waals surface area contributed by atoms with Crippen LogP contribution in [0, 0.1) is 17.5 Å². The molecule has 0 bridgehead atoms. The summed E-state index contributed by atoms with van der Waals surface area (Å²) in [6, 6.07) is 2.00. The van der Waals surface area contributed by atoms with E-state index >= 15 is 0 Å². The Morgan fingerprint density at radius 1 is 1.16 bits per heavy atom. The molecule has 102 valence electrons. The summed E-state index contributed by atoms with van der Waals surface area (Å²) >= 11 is 3.26. The van der Waals surface area contributed by atoms with Gasteiger partial charge in [0.1, 0.15) is 5.82 Å². The van der Waals surface area contributed by atoms with Crippen LogP contribution < -0.4 is 0 Å². The lowest BCUT2D eigenvalue weighted by Crippen LogP contribution is -2.08. The lowest BCUT2D eigenvalue weighted by Gasteiger charge is -2.13. The van der Waals surface area contributed by atoms with Crippen molar-refractivity contribution in [1.82, 2.24) is 14.8 Å². The van der Waals surface area contributed by atoms with E-state index in [1.165, 1.54) is 0 Å². The largest absolute Gasteiger partial charge is 0.308 e. The molecule has 0 radical (unpaired) electrons. The Balaban J connectivity index is 2.66. The number of hydrogen-bond acceptors (Lipinski definition) is 2. The third-order valence-corrected chi connectivity index (χ3v) is 3.18. The van der Waals surface area contributed by atoms with Crippen LogP contribution in [-0.4, -0.2) is 14.8 Å². The van der Waals surface area contributed by atoms with E-state index in [-0.39, 0.29) is 17.4 Å². The first kappa shape index (κ1) is 14.0. The van der Waals surface area contributed by atoms with Crippen LogP contribution in [-0.2, 0) is 5.33 Å². The fraction of sp³-hybridized carbons (Fsp3) is 0.333. The van der Waals surface area contributed by atoms with Crippen LogP contribution in [0.3, 0.4) is 0 Å². The zero-order chi connectivity index (χ0) is 14.2. The summed E-state index contributed by atoms with van der Waals surface area (Å²) in [6.45, 7) is 3.74. The Hall–Kier alpha value is -1.37. The third-order valence-electron chi connectivity index (χ3n) is 2.68. The second-order valence-corrected chi connectivity index (χ2v) is 4.82. The number of hydrogen-bond donors (Lipinski definition) is 0. The molecule has 0 saturated heterocycles. The van der Waals surface area contributed by atoms with Gasteiger partial charge in [-0.05, 0) is 26.0 Å². The minimum atomic E-state index is -1.50. The van der Waals surface area contributed by atoms with Crippen molar-refractivity contribution in [2.24, 2.45) is 0 Å². The average Bonchev–Trinajstić information content (AvgIpc) is 2.80. The van der Waals surface area contributed by atoms with Crippen molar-refractivity contribution < 1.29 is 13.2 Å². The van der Waals surface area contributed by atoms with Gasteiger partial charge in [-0.3, -0.25) is 0 Å². The predicted octanol–water partition coefficient (Wildman–Crippen LogP) is 3.84. The summed E-state index contributed by atoms with van der Waals surface area (Å²) in [5.41, 5.74) is -0.104. The lowest BCUT2D eigenvalue weighted by atomic mass is 10.1. The molecule has 0 unspecified atom stereocenters. The van der Waals surface area contributed by atoms with Crippen molar-refractivity contribution in [3.05, 3.63) is 35.4 Å². The van der Waals surface area contributed by atoms with Gasteiger partial charge < -0.3 is 4.57 Å². The molecule has 3 nitrogen and oxygen atoms in total. The summed E-state index contributed by atoms with van der Waals surface area (Å²) in [5.74, 6) is -3.21. The molecule has 0 fully saturated rings. The van der Waals surface area contributed by atoms with Crippen LogP contribution in [0.2, 0.25) is 0 Å². The molecular weight excluding hydrogens is 323 g/mol. The molecule has 0 aliphatic heterocycles. The van der Waals surface area contributed by atoms with Gasteiger partial charge in [0.15, 0.2) is 23.3 Å². The Morgan fingerprint density at radius 3 is 2.42 bits per heavy atom. The molecule has 2 rings (SSSR count). The third kappa shape index (κ3) is 2.39. The van der Waals surface area contributed by atoms with Crippen molar-refractivity contribution in [2.75, 3.05) is 0 Å². The molecule has 19 heavy (non-hydrogen) atoms. The Morgan fingerprint density at radius 2 is 1.84 bits per heavy atom. The van der Waals surface area contributed by atoms with Gasteiger partial charge in [0, 0.05) is 6.04 Å². The van der Waals surface area contributed by atoms with Crippen LogP contribution in [0.5, 0.6) is 0 Å². The van der Waals surface area contributed by atoms with Crippen LogP contribution in [0.25, 0.3) is 11.4 Å². The maximum Gasteiger partial charge on any atom is 0.195 e. The standard InChI is InChI=1S/C12H11BrF3N3/c1-6(2)19-9(5-13)17-18-12(19)7-3-4-8(14)11(16)10(7)15/h3-4,6H,5H2,1-2H3. The fourth-order valence-corrected chi connectivity index (χ4v) is 2.22. The maximum absolute atomic E-state index is 13.8. The first-order chi connectivity index (χ1) is 8.97. The van der Waals surface area contributed by atoms with Gasteiger partial charge in [-0.2, -0.15) is 0 Å². The van der Waals surface area contributed by atoms with Gasteiger partial charge in [-0.1, -0.05) is 15.9 Å². The summed E-state index contributed by atoms with van der Waals surface area (Å²) in [4.78, 5) is 0. The molecule has 0 amide bonds. The Labute approximate surface area is 116 Å². The van der Waals surface area contributed by atoms with Crippen molar-refractivity contribution >= 4 is 15.9 Å². The highest BCUT2D eigenvalue weighted by Gasteiger charge is 2.21. The highest BCUT2D eigenvalue weighted by Crippen LogP contribution is 2.27. The molecule has 0 atom stereocenters. The summed E-state index contributed by atoms with van der Waals surface area (Å²) in [6.07, 6.45) is 0. The zero-order valence-corrected chi connectivity index (χ0v) is 11.9. The van der Waals surface area contributed by atoms with Gasteiger partial charge in [0.25, 0.3) is 0 Å². The van der Waals surface area contributed by atoms with E-state index in [1.807, 2.05) is 13.8 Å². The van der Waals surface area contributed by atoms with Crippen molar-refractivity contribution in [3.8, 4) is 11.4 Å². The average molecular weight is 334 g/mol. The zero-order valence-electron chi connectivity index (χ0n) is 10.3. The van der Waals surface area contributed by atoms with E-state index in [0.29, 0.717) is 11.2 Å². The molecule has 1 aromatic carbocycles. The van der Waals surface area contributed by atoms with Crippen LogP contribution in [0.15, 0.2) is 12.1 Å². The minimum absolute atomic E-state index is 0.0370. The first-order valence-corrected chi connectivity index (χ1v) is 6.73. The van der Waals surface area contributed by atoms with Gasteiger partial charge in [0.05, 0.1) is 10.9 Å². The number of rotatable bonds is 3. The molecule has 7 heteroatoms. The molecule has 1 aromatic heterocycles. The van der Waals surface area contributed by atoms with E-state index in [2.05, 4.69) is 26.1 Å². The molecule has 0 aliphatic carbocycles. The second-order valence-electron chi connectivity index (χ2n) is 4.26. The normalized spacial score (nSPS) is 11.3. The highest BCUT2D eigenvalue weighted by atomic mass is 79.9. The van der Waals surface area contributed by atoms with Crippen molar-refractivity contribution in [3.63, 3.8) is 0 Å². The number of aromatic nitrogens is 3. The molecular formula is C12H11BrF3N3. The van der Waals surface area contributed by atoms with Crippen molar-refractivity contribution in [1.29, 1.82) is 0 Å². The fourth-order valence-electron chi connectivity index (χ4n) is 1.84. The summed E-state index contributed by atoms with van der Waals surface area (Å²) < 4.78 is 41.7. The minimum Gasteiger partial charge on any atom is -0.308 e. The summed E-state index contributed by atoms with van der Waals surface area (Å²) in [7, 11) is 0. The van der Waals surface area contributed by atoms with Crippen LogP contribution in [0.1, 0.15) is 25.7 Å². The van der Waals surface area contributed by atoms with Gasteiger partial charge >= 0.3 is 0 Å². The number of benzene rings is 1. The molecule has 0 spiro atoms. The summed E-state index contributed by atoms with van der Waals surface area (Å²) in [5, 5.41) is 8.21. The van der Waals surface area contributed by atoms with E-state index < -0.39 is 17.5 Å². The smallest absolute Gasteiger partial charge is 0.195 e. The number of alkyl halides is 1. The second kappa shape index (κ2) is 5.32. The SMILES string of the molecule is CC(C)n1c(CBr)nnc1-c1ccc(F)c(F)c1F. The maximum atomic E-state index is 13.8. The molecule has 0 saturated carbocycles. The van der Waals surface area contributed by atoms with E-state index in [1.54, 1.807) is 4.57 Å². The molecule has 1 heterocycles. The van der Waals surface area contributed by atoms with Crippen LogP contribution in [0.4, 0.5) is 13.2 Å². The number of nitrogens with zero attached hydrogens (tertiary/aromatic N) is 3. The van der Waals surface area contributed by atoms with Gasteiger partial charge in [-0.15, -0.1) is 10.2 Å². The topological polar surface area (TPSA) is 30.7 Å². The number of halogens is 4. The molecule has 2 aromatic rings. The first-order valence-electron chi connectivity index (χ1n) is 5.61. The molecule has 0 N–H and O–H groups in total.